The van der Waals surface area contributed by atoms with Gasteiger partial charge in [-0.2, -0.15) is 0 Å². The lowest BCUT2D eigenvalue weighted by Gasteiger charge is -2.12. The van der Waals surface area contributed by atoms with Crippen molar-refractivity contribution in [2.45, 2.75) is 18.9 Å². The first-order chi connectivity index (χ1) is 10.1. The van der Waals surface area contributed by atoms with Crippen molar-refractivity contribution in [2.75, 3.05) is 6.54 Å². The van der Waals surface area contributed by atoms with Gasteiger partial charge in [0.2, 0.25) is 5.91 Å². The van der Waals surface area contributed by atoms with Crippen molar-refractivity contribution in [3.05, 3.63) is 65.7 Å². The quantitative estimate of drug-likeness (QED) is 0.760. The predicted molar refractivity (Wildman–Crippen MR) is 82.8 cm³/mol. The molecule has 0 heterocycles. The van der Waals surface area contributed by atoms with Gasteiger partial charge in [0.25, 0.3) is 0 Å². The first-order valence-electron chi connectivity index (χ1n) is 7.00. The molecule has 0 radical (unpaired) electrons. The summed E-state index contributed by atoms with van der Waals surface area (Å²) in [6.07, 6.45) is 0.949. The van der Waals surface area contributed by atoms with Gasteiger partial charge in [0.1, 0.15) is 5.75 Å². The van der Waals surface area contributed by atoms with Crippen molar-refractivity contribution in [1.82, 2.24) is 5.32 Å². The van der Waals surface area contributed by atoms with Gasteiger partial charge in [-0.15, -0.1) is 0 Å². The summed E-state index contributed by atoms with van der Waals surface area (Å²) in [5.41, 5.74) is 7.93. The maximum Gasteiger partial charge on any atom is 0.224 e. The second-order valence-electron chi connectivity index (χ2n) is 5.00. The van der Waals surface area contributed by atoms with E-state index in [4.69, 9.17) is 5.73 Å². The lowest BCUT2D eigenvalue weighted by molar-refractivity contribution is -0.120. The number of rotatable bonds is 6. The fourth-order valence-corrected chi connectivity index (χ4v) is 2.15. The second kappa shape index (κ2) is 7.45. The molecule has 110 valence electrons. The van der Waals surface area contributed by atoms with Gasteiger partial charge in [-0.3, -0.25) is 4.79 Å². The molecular formula is C17H20N2O2. The van der Waals surface area contributed by atoms with Crippen LogP contribution in [0, 0.1) is 0 Å². The first kappa shape index (κ1) is 15.1. The average Bonchev–Trinajstić information content (AvgIpc) is 2.48. The highest BCUT2D eigenvalue weighted by molar-refractivity contribution is 5.78. The Morgan fingerprint density at radius 1 is 1.14 bits per heavy atom. The molecule has 2 aromatic rings. The Kier molecular flexibility index (Phi) is 5.35. The Hall–Kier alpha value is -2.33. The number of phenolic OH excluding ortho intramolecular Hbond substituents is 1. The summed E-state index contributed by atoms with van der Waals surface area (Å²) >= 11 is 0. The van der Waals surface area contributed by atoms with Gasteiger partial charge in [-0.25, -0.2) is 0 Å². The Labute approximate surface area is 124 Å². The van der Waals surface area contributed by atoms with Crippen molar-refractivity contribution < 1.29 is 9.90 Å². The summed E-state index contributed by atoms with van der Waals surface area (Å²) in [5.74, 6) is 0.104. The molecule has 0 saturated carbocycles. The summed E-state index contributed by atoms with van der Waals surface area (Å²) in [6, 6.07) is 16.5. The molecule has 0 saturated heterocycles. The molecule has 1 atom stereocenters. The monoisotopic (exact) mass is 284 g/mol. The molecule has 1 unspecified atom stereocenters. The molecule has 4 nitrogen and oxygen atoms in total. The molecule has 0 aliphatic carbocycles. The largest absolute Gasteiger partial charge is 0.508 e. The van der Waals surface area contributed by atoms with E-state index >= 15 is 0 Å². The number of carbonyl (C=O) groups is 1. The van der Waals surface area contributed by atoms with Gasteiger partial charge in [0, 0.05) is 12.6 Å². The summed E-state index contributed by atoms with van der Waals surface area (Å²) in [6.45, 7) is 0.535. The van der Waals surface area contributed by atoms with Crippen LogP contribution in [0.1, 0.15) is 23.6 Å². The smallest absolute Gasteiger partial charge is 0.224 e. The Balaban J connectivity index is 1.74. The Bertz CT molecular complexity index is 584. The number of benzene rings is 2. The van der Waals surface area contributed by atoms with E-state index in [1.807, 2.05) is 36.4 Å². The molecule has 0 spiro atoms. The van der Waals surface area contributed by atoms with E-state index < -0.39 is 0 Å². The number of phenols is 1. The number of carbonyl (C=O) groups excluding carboxylic acids is 1. The minimum absolute atomic E-state index is 0.0686. The lowest BCUT2D eigenvalue weighted by Crippen LogP contribution is -2.28. The predicted octanol–water partition coefficient (Wildman–Crippen LogP) is 2.14. The van der Waals surface area contributed by atoms with E-state index in [9.17, 15) is 9.90 Å². The maximum absolute atomic E-state index is 11.8. The molecule has 4 N–H and O–H groups in total. The highest BCUT2D eigenvalue weighted by atomic mass is 16.3. The van der Waals surface area contributed by atoms with Crippen LogP contribution in [0.4, 0.5) is 0 Å². The van der Waals surface area contributed by atoms with E-state index in [2.05, 4.69) is 5.32 Å². The van der Waals surface area contributed by atoms with Crippen LogP contribution in [0.2, 0.25) is 0 Å². The van der Waals surface area contributed by atoms with Gasteiger partial charge < -0.3 is 16.2 Å². The first-order valence-corrected chi connectivity index (χ1v) is 7.00. The molecule has 21 heavy (non-hydrogen) atoms. The summed E-state index contributed by atoms with van der Waals surface area (Å²) in [4.78, 5) is 11.8. The van der Waals surface area contributed by atoms with E-state index in [0.717, 1.165) is 11.1 Å². The molecule has 0 bridgehead atoms. The fourth-order valence-electron chi connectivity index (χ4n) is 2.15. The Morgan fingerprint density at radius 3 is 2.62 bits per heavy atom. The second-order valence-corrected chi connectivity index (χ2v) is 5.00. The van der Waals surface area contributed by atoms with Crippen LogP contribution in [-0.2, 0) is 11.2 Å². The highest BCUT2D eigenvalue weighted by Crippen LogP contribution is 2.13. The van der Waals surface area contributed by atoms with E-state index in [-0.39, 0.29) is 24.1 Å². The van der Waals surface area contributed by atoms with Crippen molar-refractivity contribution in [1.29, 1.82) is 0 Å². The van der Waals surface area contributed by atoms with Gasteiger partial charge in [0.15, 0.2) is 0 Å². The van der Waals surface area contributed by atoms with Crippen molar-refractivity contribution in [3.8, 4) is 5.75 Å². The van der Waals surface area contributed by atoms with Crippen LogP contribution in [-0.4, -0.2) is 17.6 Å². The topological polar surface area (TPSA) is 75.3 Å². The number of hydrogen-bond acceptors (Lipinski definition) is 3. The lowest BCUT2D eigenvalue weighted by atomic mass is 10.0. The molecular weight excluding hydrogens is 264 g/mol. The number of hydrogen-bond donors (Lipinski definition) is 3. The molecule has 0 aliphatic rings. The normalized spacial score (nSPS) is 11.9. The van der Waals surface area contributed by atoms with E-state index in [1.54, 1.807) is 18.2 Å². The maximum atomic E-state index is 11.8. The van der Waals surface area contributed by atoms with Crippen molar-refractivity contribution in [3.63, 3.8) is 0 Å². The number of nitrogens with one attached hydrogen (secondary N) is 1. The molecule has 0 aromatic heterocycles. The van der Waals surface area contributed by atoms with Gasteiger partial charge in [-0.1, -0.05) is 42.5 Å². The highest BCUT2D eigenvalue weighted by Gasteiger charge is 2.07. The van der Waals surface area contributed by atoms with Crippen LogP contribution in [0.3, 0.4) is 0 Å². The molecule has 1 amide bonds. The Morgan fingerprint density at radius 2 is 1.90 bits per heavy atom. The van der Waals surface area contributed by atoms with Crippen molar-refractivity contribution in [2.24, 2.45) is 5.73 Å². The zero-order valence-corrected chi connectivity index (χ0v) is 11.8. The summed E-state index contributed by atoms with van der Waals surface area (Å²) in [5, 5.41) is 12.2. The molecule has 2 aromatic carbocycles. The summed E-state index contributed by atoms with van der Waals surface area (Å²) in [7, 11) is 0. The fraction of sp³-hybridized carbons (Fsp3) is 0.235. The van der Waals surface area contributed by atoms with Crippen LogP contribution in [0.15, 0.2) is 54.6 Å². The number of aromatic hydroxyl groups is 1. The average molecular weight is 284 g/mol. The molecule has 4 heteroatoms. The van der Waals surface area contributed by atoms with Crippen LogP contribution < -0.4 is 11.1 Å². The minimum Gasteiger partial charge on any atom is -0.508 e. The van der Waals surface area contributed by atoms with Crippen molar-refractivity contribution >= 4 is 5.91 Å². The number of amides is 1. The van der Waals surface area contributed by atoms with Crippen LogP contribution in [0.5, 0.6) is 5.75 Å². The van der Waals surface area contributed by atoms with Gasteiger partial charge in [0.05, 0.1) is 6.42 Å². The van der Waals surface area contributed by atoms with Crippen LogP contribution >= 0.6 is 0 Å². The summed E-state index contributed by atoms with van der Waals surface area (Å²) < 4.78 is 0. The molecule has 2 rings (SSSR count). The number of nitrogens with two attached hydrogens (primary N) is 1. The van der Waals surface area contributed by atoms with Gasteiger partial charge in [-0.05, 0) is 29.7 Å². The van der Waals surface area contributed by atoms with E-state index in [0.29, 0.717) is 13.0 Å². The third-order valence-corrected chi connectivity index (χ3v) is 3.28. The zero-order chi connectivity index (χ0) is 15.1. The van der Waals surface area contributed by atoms with Gasteiger partial charge >= 0.3 is 0 Å². The van der Waals surface area contributed by atoms with Crippen LogP contribution in [0.25, 0.3) is 0 Å². The van der Waals surface area contributed by atoms with E-state index in [1.165, 1.54) is 0 Å². The third-order valence-electron chi connectivity index (χ3n) is 3.28. The molecule has 0 fully saturated rings. The molecule has 0 aliphatic heterocycles. The minimum atomic E-state index is -0.0766. The zero-order valence-electron chi connectivity index (χ0n) is 11.8. The third kappa shape index (κ3) is 4.93. The SMILES string of the molecule is NC(CCNC(=O)Cc1cccc(O)c1)c1ccccc1. The standard InChI is InChI=1S/C17H20N2O2/c18-16(14-6-2-1-3-7-14)9-10-19-17(21)12-13-5-4-8-15(20)11-13/h1-8,11,16,20H,9-10,12,18H2,(H,19,21).